The van der Waals surface area contributed by atoms with E-state index in [2.05, 4.69) is 5.32 Å². The number of halogens is 2. The largest absolute Gasteiger partial charge is 0.399 e. The molecular formula is C14H12ClFN2O. The number of nitrogen functional groups attached to an aromatic ring is 1. The van der Waals surface area contributed by atoms with Crippen LogP contribution in [0.3, 0.4) is 0 Å². The highest BCUT2D eigenvalue weighted by atomic mass is 35.5. The van der Waals surface area contributed by atoms with Crippen LogP contribution in [0.15, 0.2) is 42.5 Å². The van der Waals surface area contributed by atoms with E-state index in [1.54, 1.807) is 24.3 Å². The van der Waals surface area contributed by atoms with Gasteiger partial charge in [-0.2, -0.15) is 0 Å². The minimum absolute atomic E-state index is 0.119. The van der Waals surface area contributed by atoms with Crippen LogP contribution >= 0.6 is 11.6 Å². The molecular weight excluding hydrogens is 267 g/mol. The number of amides is 1. The van der Waals surface area contributed by atoms with Crippen LogP contribution in [-0.2, 0) is 11.2 Å². The summed E-state index contributed by atoms with van der Waals surface area (Å²) in [7, 11) is 0. The van der Waals surface area contributed by atoms with Crippen LogP contribution in [0.5, 0.6) is 0 Å². The second kappa shape index (κ2) is 5.71. The van der Waals surface area contributed by atoms with Crippen molar-refractivity contribution in [3.8, 4) is 0 Å². The summed E-state index contributed by atoms with van der Waals surface area (Å²) >= 11 is 5.75. The molecule has 0 aromatic heterocycles. The first-order chi connectivity index (χ1) is 9.04. The van der Waals surface area contributed by atoms with Crippen LogP contribution in [0, 0.1) is 5.82 Å². The van der Waals surface area contributed by atoms with Crippen LogP contribution in [0.25, 0.3) is 0 Å². The Morgan fingerprint density at radius 1 is 1.21 bits per heavy atom. The van der Waals surface area contributed by atoms with Gasteiger partial charge in [0.2, 0.25) is 5.91 Å². The molecule has 0 saturated heterocycles. The summed E-state index contributed by atoms with van der Waals surface area (Å²) in [5.41, 5.74) is 6.67. The number of carbonyl (C=O) groups excluding carboxylic acids is 1. The highest BCUT2D eigenvalue weighted by Crippen LogP contribution is 2.17. The van der Waals surface area contributed by atoms with Gasteiger partial charge in [0.15, 0.2) is 0 Å². The molecule has 0 heterocycles. The van der Waals surface area contributed by atoms with Crippen molar-refractivity contribution in [2.45, 2.75) is 6.42 Å². The van der Waals surface area contributed by atoms with E-state index in [1.807, 2.05) is 0 Å². The number of hydrogen-bond acceptors (Lipinski definition) is 2. The van der Waals surface area contributed by atoms with Crippen molar-refractivity contribution in [1.29, 1.82) is 0 Å². The number of anilines is 2. The van der Waals surface area contributed by atoms with E-state index >= 15 is 0 Å². The van der Waals surface area contributed by atoms with Gasteiger partial charge in [0.25, 0.3) is 0 Å². The third-order valence-electron chi connectivity index (χ3n) is 2.55. The van der Waals surface area contributed by atoms with E-state index in [4.69, 9.17) is 17.3 Å². The van der Waals surface area contributed by atoms with E-state index in [0.717, 1.165) is 11.6 Å². The van der Waals surface area contributed by atoms with Crippen LogP contribution in [0.1, 0.15) is 5.56 Å². The molecule has 0 atom stereocenters. The third-order valence-corrected chi connectivity index (χ3v) is 2.80. The van der Waals surface area contributed by atoms with Crippen molar-refractivity contribution in [3.05, 3.63) is 58.9 Å². The molecule has 0 unspecified atom stereocenters. The number of benzene rings is 2. The fourth-order valence-electron chi connectivity index (χ4n) is 1.61. The molecule has 0 radical (unpaired) electrons. The minimum Gasteiger partial charge on any atom is -0.399 e. The van der Waals surface area contributed by atoms with Gasteiger partial charge in [0.05, 0.1) is 12.1 Å². The van der Waals surface area contributed by atoms with Gasteiger partial charge in [0, 0.05) is 10.7 Å². The van der Waals surface area contributed by atoms with Crippen LogP contribution in [0.2, 0.25) is 5.02 Å². The maximum Gasteiger partial charge on any atom is 0.228 e. The summed E-state index contributed by atoms with van der Waals surface area (Å²) in [4.78, 5) is 11.8. The molecule has 3 nitrogen and oxygen atoms in total. The Morgan fingerprint density at radius 3 is 2.53 bits per heavy atom. The van der Waals surface area contributed by atoms with E-state index in [0.29, 0.717) is 10.7 Å². The monoisotopic (exact) mass is 278 g/mol. The van der Waals surface area contributed by atoms with Crippen molar-refractivity contribution >= 4 is 28.9 Å². The van der Waals surface area contributed by atoms with E-state index in [1.165, 1.54) is 12.1 Å². The molecule has 98 valence electrons. The lowest BCUT2D eigenvalue weighted by Gasteiger charge is -2.07. The number of carbonyl (C=O) groups is 1. The van der Waals surface area contributed by atoms with E-state index < -0.39 is 5.82 Å². The Morgan fingerprint density at radius 2 is 1.89 bits per heavy atom. The molecule has 2 aromatic carbocycles. The average Bonchev–Trinajstić information content (AvgIpc) is 2.36. The van der Waals surface area contributed by atoms with Crippen molar-refractivity contribution in [3.63, 3.8) is 0 Å². The lowest BCUT2D eigenvalue weighted by atomic mass is 10.1. The SMILES string of the molecule is Nc1ccc(NC(=O)Cc2ccc(Cl)cc2)c(F)c1. The molecule has 1 amide bonds. The average molecular weight is 279 g/mol. The molecule has 2 aromatic rings. The molecule has 0 aliphatic carbocycles. The van der Waals surface area contributed by atoms with Crippen molar-refractivity contribution in [2.75, 3.05) is 11.1 Å². The normalized spacial score (nSPS) is 10.2. The summed E-state index contributed by atoms with van der Waals surface area (Å²) in [5, 5.41) is 3.10. The lowest BCUT2D eigenvalue weighted by molar-refractivity contribution is -0.115. The first kappa shape index (κ1) is 13.4. The molecule has 0 saturated carbocycles. The molecule has 0 fully saturated rings. The standard InChI is InChI=1S/C14H12ClFN2O/c15-10-3-1-9(2-4-10)7-14(19)18-13-6-5-11(17)8-12(13)16/h1-6,8H,7,17H2,(H,18,19). The Balaban J connectivity index is 2.03. The Bertz CT molecular complexity index is 599. The second-order valence-corrected chi connectivity index (χ2v) is 4.53. The Kier molecular flexibility index (Phi) is 4.02. The third kappa shape index (κ3) is 3.69. The van der Waals surface area contributed by atoms with Crippen molar-refractivity contribution in [2.24, 2.45) is 0 Å². The second-order valence-electron chi connectivity index (χ2n) is 4.09. The first-order valence-electron chi connectivity index (χ1n) is 5.64. The lowest BCUT2D eigenvalue weighted by Crippen LogP contribution is -2.15. The van der Waals surface area contributed by atoms with Gasteiger partial charge in [-0.25, -0.2) is 4.39 Å². The summed E-state index contributed by atoms with van der Waals surface area (Å²) in [6, 6.07) is 11.0. The molecule has 19 heavy (non-hydrogen) atoms. The van der Waals surface area contributed by atoms with Crippen LogP contribution in [0.4, 0.5) is 15.8 Å². The summed E-state index contributed by atoms with van der Waals surface area (Å²) in [6.07, 6.45) is 0.154. The maximum absolute atomic E-state index is 13.5. The van der Waals surface area contributed by atoms with Gasteiger partial charge in [0.1, 0.15) is 5.82 Å². The maximum atomic E-state index is 13.5. The van der Waals surface area contributed by atoms with Crippen molar-refractivity contribution in [1.82, 2.24) is 0 Å². The summed E-state index contributed by atoms with van der Waals surface area (Å²) < 4.78 is 13.5. The minimum atomic E-state index is -0.551. The van der Waals surface area contributed by atoms with Crippen LogP contribution in [-0.4, -0.2) is 5.91 Å². The predicted molar refractivity (Wildman–Crippen MR) is 74.6 cm³/mol. The fourth-order valence-corrected chi connectivity index (χ4v) is 1.74. The zero-order chi connectivity index (χ0) is 13.8. The zero-order valence-electron chi connectivity index (χ0n) is 9.99. The molecule has 0 aliphatic rings. The van der Waals surface area contributed by atoms with Gasteiger partial charge in [-0.3, -0.25) is 4.79 Å². The first-order valence-corrected chi connectivity index (χ1v) is 6.02. The number of nitrogens with two attached hydrogens (primary N) is 1. The van der Waals surface area contributed by atoms with Crippen molar-refractivity contribution < 1.29 is 9.18 Å². The molecule has 0 aliphatic heterocycles. The highest BCUT2D eigenvalue weighted by Gasteiger charge is 2.08. The summed E-state index contributed by atoms with van der Waals surface area (Å²) in [6.45, 7) is 0. The Hall–Kier alpha value is -2.07. The smallest absolute Gasteiger partial charge is 0.228 e. The molecule has 0 spiro atoms. The predicted octanol–water partition coefficient (Wildman–Crippen LogP) is 3.24. The van der Waals surface area contributed by atoms with E-state index in [9.17, 15) is 9.18 Å². The zero-order valence-corrected chi connectivity index (χ0v) is 10.7. The van der Waals surface area contributed by atoms with Gasteiger partial charge in [-0.15, -0.1) is 0 Å². The topological polar surface area (TPSA) is 55.1 Å². The van der Waals surface area contributed by atoms with Gasteiger partial charge >= 0.3 is 0 Å². The highest BCUT2D eigenvalue weighted by molar-refractivity contribution is 6.30. The number of nitrogens with one attached hydrogen (secondary N) is 1. The molecule has 5 heteroatoms. The Labute approximate surface area is 115 Å². The van der Waals surface area contributed by atoms with Gasteiger partial charge in [-0.05, 0) is 35.9 Å². The van der Waals surface area contributed by atoms with Gasteiger partial charge < -0.3 is 11.1 Å². The fraction of sp³-hybridized carbons (Fsp3) is 0.0714. The number of hydrogen-bond donors (Lipinski definition) is 2. The van der Waals surface area contributed by atoms with E-state index in [-0.39, 0.29) is 18.0 Å². The van der Waals surface area contributed by atoms with Crippen LogP contribution < -0.4 is 11.1 Å². The quantitative estimate of drug-likeness (QED) is 0.847. The van der Waals surface area contributed by atoms with Gasteiger partial charge in [-0.1, -0.05) is 23.7 Å². The summed E-state index contributed by atoms with van der Waals surface area (Å²) in [5.74, 6) is -0.851. The molecule has 2 rings (SSSR count). The molecule has 0 bridgehead atoms. The number of rotatable bonds is 3. The molecule has 3 N–H and O–H groups in total.